The van der Waals surface area contributed by atoms with E-state index in [1.165, 1.54) is 0 Å². The molecule has 1 aromatic heterocycles. The second kappa shape index (κ2) is 6.79. The summed E-state index contributed by atoms with van der Waals surface area (Å²) in [6.07, 6.45) is 1.79. The smallest absolute Gasteiger partial charge is 0.276 e. The van der Waals surface area contributed by atoms with Crippen molar-refractivity contribution in [3.05, 3.63) is 72.6 Å². The Balaban J connectivity index is 1.64. The largest absolute Gasteiger partial charge is 0.356 e. The number of carbonyl (C=O) groups is 1. The monoisotopic (exact) mass is 306 g/mol. The highest BCUT2D eigenvalue weighted by molar-refractivity contribution is 6.02. The van der Waals surface area contributed by atoms with Gasteiger partial charge in [-0.2, -0.15) is 5.10 Å². The van der Waals surface area contributed by atoms with Crippen molar-refractivity contribution in [3.63, 3.8) is 0 Å². The van der Waals surface area contributed by atoms with Crippen LogP contribution in [0, 0.1) is 0 Å². The lowest BCUT2D eigenvalue weighted by molar-refractivity contribution is 0.102. The fraction of sp³-hybridized carbons (Fsp3) is 0.111. The van der Waals surface area contributed by atoms with Crippen LogP contribution in [0.25, 0.3) is 0 Å². The average Bonchev–Trinajstić information content (AvgIpc) is 3.07. The summed E-state index contributed by atoms with van der Waals surface area (Å²) < 4.78 is 1.72. The second-order valence-corrected chi connectivity index (χ2v) is 5.08. The van der Waals surface area contributed by atoms with Crippen LogP contribution in [-0.4, -0.2) is 15.7 Å². The van der Waals surface area contributed by atoms with E-state index in [1.54, 1.807) is 16.9 Å². The molecule has 0 saturated heterocycles. The van der Waals surface area contributed by atoms with Crippen LogP contribution in [0.1, 0.15) is 17.4 Å². The fourth-order valence-corrected chi connectivity index (χ4v) is 2.18. The highest BCUT2D eigenvalue weighted by Crippen LogP contribution is 2.18. The molecule has 0 aliphatic rings. The number of carbonyl (C=O) groups excluding carboxylic acids is 1. The molecule has 0 bridgehead atoms. The van der Waals surface area contributed by atoms with Crippen LogP contribution in [-0.2, 0) is 6.54 Å². The molecule has 2 aromatic carbocycles. The zero-order valence-electron chi connectivity index (χ0n) is 12.9. The first-order valence-electron chi connectivity index (χ1n) is 7.51. The molecule has 5 nitrogen and oxygen atoms in total. The third-order valence-electron chi connectivity index (χ3n) is 3.40. The van der Waals surface area contributed by atoms with Gasteiger partial charge in [0.05, 0.1) is 0 Å². The number of anilines is 3. The number of aromatic nitrogens is 2. The Morgan fingerprint density at radius 3 is 2.26 bits per heavy atom. The summed E-state index contributed by atoms with van der Waals surface area (Å²) >= 11 is 0. The zero-order chi connectivity index (χ0) is 16.1. The van der Waals surface area contributed by atoms with E-state index in [2.05, 4.69) is 15.7 Å². The van der Waals surface area contributed by atoms with Gasteiger partial charge in [-0.1, -0.05) is 18.2 Å². The Kier molecular flexibility index (Phi) is 4.38. The van der Waals surface area contributed by atoms with Crippen LogP contribution >= 0.6 is 0 Å². The molecule has 0 spiro atoms. The maximum atomic E-state index is 12.1. The van der Waals surface area contributed by atoms with Gasteiger partial charge in [-0.05, 0) is 49.4 Å². The van der Waals surface area contributed by atoms with Crippen molar-refractivity contribution in [1.82, 2.24) is 9.78 Å². The molecule has 0 fully saturated rings. The summed E-state index contributed by atoms with van der Waals surface area (Å²) in [4.78, 5) is 12.1. The molecule has 1 amide bonds. The van der Waals surface area contributed by atoms with Crippen LogP contribution in [0.3, 0.4) is 0 Å². The quantitative estimate of drug-likeness (QED) is 0.751. The summed E-state index contributed by atoms with van der Waals surface area (Å²) in [7, 11) is 0. The first-order chi connectivity index (χ1) is 11.2. The van der Waals surface area contributed by atoms with E-state index in [4.69, 9.17) is 0 Å². The van der Waals surface area contributed by atoms with Crippen molar-refractivity contribution in [2.75, 3.05) is 10.6 Å². The SMILES string of the molecule is CCn1ccc(C(=O)Nc2ccc(Nc3ccccc3)cc2)n1. The summed E-state index contributed by atoms with van der Waals surface area (Å²) in [6.45, 7) is 2.72. The molecule has 5 heteroatoms. The summed E-state index contributed by atoms with van der Waals surface area (Å²) in [5, 5.41) is 10.3. The first kappa shape index (κ1) is 14.8. The molecular weight excluding hydrogens is 288 g/mol. The van der Waals surface area contributed by atoms with Crippen LogP contribution in [0.4, 0.5) is 17.1 Å². The van der Waals surface area contributed by atoms with Gasteiger partial charge < -0.3 is 10.6 Å². The van der Waals surface area contributed by atoms with E-state index < -0.39 is 0 Å². The van der Waals surface area contributed by atoms with Crippen LogP contribution in [0.2, 0.25) is 0 Å². The van der Waals surface area contributed by atoms with Crippen LogP contribution in [0.5, 0.6) is 0 Å². The number of para-hydroxylation sites is 1. The minimum Gasteiger partial charge on any atom is -0.356 e. The standard InChI is InChI=1S/C18H18N4O/c1-2-22-13-12-17(21-22)18(23)20-16-10-8-15(9-11-16)19-14-6-4-3-5-7-14/h3-13,19H,2H2,1H3,(H,20,23). The van der Waals surface area contributed by atoms with Crippen molar-refractivity contribution < 1.29 is 4.79 Å². The topological polar surface area (TPSA) is 59.0 Å². The van der Waals surface area contributed by atoms with E-state index in [0.29, 0.717) is 5.69 Å². The molecule has 23 heavy (non-hydrogen) atoms. The molecular formula is C18H18N4O. The summed E-state index contributed by atoms with van der Waals surface area (Å²) in [5.41, 5.74) is 3.14. The van der Waals surface area contributed by atoms with Gasteiger partial charge in [0.1, 0.15) is 0 Å². The molecule has 0 aliphatic heterocycles. The van der Waals surface area contributed by atoms with Gasteiger partial charge in [-0.3, -0.25) is 9.48 Å². The van der Waals surface area contributed by atoms with Crippen LogP contribution in [0.15, 0.2) is 66.9 Å². The lowest BCUT2D eigenvalue weighted by Gasteiger charge is -2.08. The normalized spacial score (nSPS) is 10.3. The molecule has 0 atom stereocenters. The number of benzene rings is 2. The molecule has 3 rings (SSSR count). The third-order valence-corrected chi connectivity index (χ3v) is 3.40. The predicted octanol–water partition coefficient (Wildman–Crippen LogP) is 3.90. The van der Waals surface area contributed by atoms with E-state index >= 15 is 0 Å². The molecule has 0 saturated carbocycles. The minimum atomic E-state index is -0.207. The molecule has 1 heterocycles. The number of rotatable bonds is 5. The maximum absolute atomic E-state index is 12.1. The molecule has 3 aromatic rings. The number of amides is 1. The van der Waals surface area contributed by atoms with Gasteiger partial charge in [-0.15, -0.1) is 0 Å². The Labute approximate surface area is 135 Å². The number of nitrogens with zero attached hydrogens (tertiary/aromatic N) is 2. The average molecular weight is 306 g/mol. The van der Waals surface area contributed by atoms with Gasteiger partial charge in [0.2, 0.25) is 0 Å². The van der Waals surface area contributed by atoms with Crippen molar-refractivity contribution in [2.45, 2.75) is 13.5 Å². The molecule has 2 N–H and O–H groups in total. The highest BCUT2D eigenvalue weighted by Gasteiger charge is 2.09. The van der Waals surface area contributed by atoms with Gasteiger partial charge in [-0.25, -0.2) is 0 Å². The summed E-state index contributed by atoms with van der Waals surface area (Å²) in [6, 6.07) is 19.2. The maximum Gasteiger partial charge on any atom is 0.276 e. The lowest BCUT2D eigenvalue weighted by Crippen LogP contribution is -2.13. The Morgan fingerprint density at radius 2 is 1.61 bits per heavy atom. The van der Waals surface area contributed by atoms with E-state index in [1.807, 2.05) is 61.5 Å². The number of hydrogen-bond acceptors (Lipinski definition) is 3. The van der Waals surface area contributed by atoms with Crippen molar-refractivity contribution in [3.8, 4) is 0 Å². The number of aryl methyl sites for hydroxylation is 1. The highest BCUT2D eigenvalue weighted by atomic mass is 16.1. The van der Waals surface area contributed by atoms with Gasteiger partial charge in [0.15, 0.2) is 5.69 Å². The minimum absolute atomic E-state index is 0.207. The van der Waals surface area contributed by atoms with Gasteiger partial charge in [0.25, 0.3) is 5.91 Å². The van der Waals surface area contributed by atoms with Crippen molar-refractivity contribution >= 4 is 23.0 Å². The van der Waals surface area contributed by atoms with Crippen molar-refractivity contribution in [2.24, 2.45) is 0 Å². The Bertz CT molecular complexity index is 778. The summed E-state index contributed by atoms with van der Waals surface area (Å²) in [5.74, 6) is -0.207. The van der Waals surface area contributed by atoms with E-state index in [-0.39, 0.29) is 5.91 Å². The van der Waals surface area contributed by atoms with E-state index in [9.17, 15) is 4.79 Å². The molecule has 116 valence electrons. The Hall–Kier alpha value is -3.08. The van der Waals surface area contributed by atoms with Gasteiger partial charge >= 0.3 is 0 Å². The first-order valence-corrected chi connectivity index (χ1v) is 7.51. The third kappa shape index (κ3) is 3.77. The fourth-order valence-electron chi connectivity index (χ4n) is 2.18. The lowest BCUT2D eigenvalue weighted by atomic mass is 10.2. The second-order valence-electron chi connectivity index (χ2n) is 5.08. The number of hydrogen-bond donors (Lipinski definition) is 2. The number of nitrogens with one attached hydrogen (secondary N) is 2. The van der Waals surface area contributed by atoms with E-state index in [0.717, 1.165) is 23.6 Å². The van der Waals surface area contributed by atoms with Crippen LogP contribution < -0.4 is 10.6 Å². The Morgan fingerprint density at radius 1 is 0.957 bits per heavy atom. The zero-order valence-corrected chi connectivity index (χ0v) is 12.9. The molecule has 0 aliphatic carbocycles. The molecule has 0 unspecified atom stereocenters. The van der Waals surface area contributed by atoms with Crippen molar-refractivity contribution in [1.29, 1.82) is 0 Å². The molecule has 0 radical (unpaired) electrons. The van der Waals surface area contributed by atoms with Gasteiger partial charge in [0, 0.05) is 29.8 Å². The predicted molar refractivity (Wildman–Crippen MR) is 92.0 cm³/mol.